The maximum absolute atomic E-state index is 11.6. The van der Waals surface area contributed by atoms with Gasteiger partial charge in [0.25, 0.3) is 5.91 Å². The number of rotatable bonds is 4. The summed E-state index contributed by atoms with van der Waals surface area (Å²) in [6.45, 7) is -0.389. The maximum atomic E-state index is 11.6. The van der Waals surface area contributed by atoms with E-state index in [-0.39, 0.29) is 6.61 Å². The summed E-state index contributed by atoms with van der Waals surface area (Å²) in [5.41, 5.74) is 0.467. The average Bonchev–Trinajstić information content (AvgIpc) is 2.85. The van der Waals surface area contributed by atoms with Crippen LogP contribution in [0.1, 0.15) is 9.67 Å². The third-order valence-corrected chi connectivity index (χ3v) is 3.80. The molecule has 1 heterocycles. The van der Waals surface area contributed by atoms with Crippen LogP contribution >= 0.6 is 34.5 Å². The van der Waals surface area contributed by atoms with Gasteiger partial charge >= 0.3 is 5.97 Å². The molecular weight excluding hydrogens is 321 g/mol. The Hall–Kier alpha value is -1.56. The van der Waals surface area contributed by atoms with Crippen molar-refractivity contribution < 1.29 is 14.3 Å². The predicted molar refractivity (Wildman–Crippen MR) is 79.7 cm³/mol. The Morgan fingerprint density at radius 3 is 2.55 bits per heavy atom. The zero-order chi connectivity index (χ0) is 14.5. The average molecular weight is 330 g/mol. The number of para-hydroxylation sites is 1. The Morgan fingerprint density at radius 1 is 1.15 bits per heavy atom. The third-order valence-electron chi connectivity index (χ3n) is 2.26. The van der Waals surface area contributed by atoms with Crippen molar-refractivity contribution in [1.29, 1.82) is 0 Å². The summed E-state index contributed by atoms with van der Waals surface area (Å²) in [5, 5.41) is 2.97. The van der Waals surface area contributed by atoms with E-state index in [1.165, 1.54) is 0 Å². The molecule has 0 spiro atoms. The number of carbonyl (C=O) groups is 2. The van der Waals surface area contributed by atoms with E-state index >= 15 is 0 Å². The van der Waals surface area contributed by atoms with Gasteiger partial charge in [0.1, 0.15) is 4.88 Å². The predicted octanol–water partition coefficient (Wildman–Crippen LogP) is 3.85. The van der Waals surface area contributed by atoms with Crippen LogP contribution in [-0.2, 0) is 9.53 Å². The normalized spacial score (nSPS) is 10.1. The number of hydrogen-bond acceptors (Lipinski definition) is 4. The number of benzene rings is 1. The highest BCUT2D eigenvalue weighted by Gasteiger charge is 2.13. The molecule has 1 amide bonds. The number of thiophene rings is 1. The minimum absolute atomic E-state index is 0.348. The molecule has 0 saturated heterocycles. The van der Waals surface area contributed by atoms with Crippen LogP contribution in [-0.4, -0.2) is 18.5 Å². The number of esters is 1. The van der Waals surface area contributed by atoms with Gasteiger partial charge in [-0.15, -0.1) is 11.3 Å². The molecule has 1 N–H and O–H groups in total. The van der Waals surface area contributed by atoms with E-state index in [9.17, 15) is 9.59 Å². The molecule has 0 aliphatic rings. The van der Waals surface area contributed by atoms with Gasteiger partial charge in [-0.1, -0.05) is 35.3 Å². The van der Waals surface area contributed by atoms with Gasteiger partial charge in [-0.05, 0) is 24.3 Å². The van der Waals surface area contributed by atoms with E-state index in [1.807, 2.05) is 0 Å². The molecule has 0 unspecified atom stereocenters. The van der Waals surface area contributed by atoms with Crippen LogP contribution in [0.5, 0.6) is 0 Å². The number of hydrogen-bond donors (Lipinski definition) is 1. The molecule has 4 nitrogen and oxygen atoms in total. The van der Waals surface area contributed by atoms with E-state index in [0.29, 0.717) is 19.9 Å². The number of nitrogens with one attached hydrogen (secondary N) is 1. The molecule has 104 valence electrons. The number of ether oxygens (including phenoxy) is 1. The topological polar surface area (TPSA) is 55.4 Å². The molecule has 0 fully saturated rings. The molecule has 20 heavy (non-hydrogen) atoms. The van der Waals surface area contributed by atoms with Gasteiger partial charge < -0.3 is 10.1 Å². The number of halogens is 2. The molecule has 0 aliphatic heterocycles. The van der Waals surface area contributed by atoms with Crippen molar-refractivity contribution in [2.75, 3.05) is 11.9 Å². The molecule has 1 aromatic carbocycles. The molecule has 2 rings (SSSR count). The zero-order valence-electron chi connectivity index (χ0n) is 10.1. The Bertz CT molecular complexity index is 642. The van der Waals surface area contributed by atoms with Crippen LogP contribution in [0.3, 0.4) is 0 Å². The van der Waals surface area contributed by atoms with Crippen molar-refractivity contribution in [3.8, 4) is 0 Å². The zero-order valence-corrected chi connectivity index (χ0v) is 12.4. The fourth-order valence-corrected chi connectivity index (χ4v) is 2.49. The van der Waals surface area contributed by atoms with Crippen LogP contribution in [0.25, 0.3) is 0 Å². The van der Waals surface area contributed by atoms with Crippen LogP contribution in [0, 0.1) is 0 Å². The van der Waals surface area contributed by atoms with Gasteiger partial charge in [0.15, 0.2) is 6.61 Å². The molecule has 0 saturated carbocycles. The summed E-state index contributed by atoms with van der Waals surface area (Å²) >= 11 is 12.7. The van der Waals surface area contributed by atoms with E-state index in [0.717, 1.165) is 11.3 Å². The summed E-state index contributed by atoms with van der Waals surface area (Å²) in [6, 6.07) is 9.92. The van der Waals surface area contributed by atoms with E-state index in [1.54, 1.807) is 36.4 Å². The van der Waals surface area contributed by atoms with Crippen LogP contribution in [0.15, 0.2) is 36.4 Å². The van der Waals surface area contributed by atoms with E-state index < -0.39 is 11.9 Å². The molecule has 0 aliphatic carbocycles. The fourth-order valence-electron chi connectivity index (χ4n) is 1.38. The first-order chi connectivity index (χ1) is 9.56. The van der Waals surface area contributed by atoms with E-state index in [4.69, 9.17) is 27.9 Å². The van der Waals surface area contributed by atoms with Crippen LogP contribution in [0.4, 0.5) is 5.69 Å². The molecule has 0 radical (unpaired) electrons. The first-order valence-corrected chi connectivity index (χ1v) is 7.10. The monoisotopic (exact) mass is 329 g/mol. The lowest BCUT2D eigenvalue weighted by Gasteiger charge is -2.07. The van der Waals surface area contributed by atoms with Crippen molar-refractivity contribution >= 4 is 52.1 Å². The van der Waals surface area contributed by atoms with Gasteiger partial charge in [-0.25, -0.2) is 4.79 Å². The molecule has 0 atom stereocenters. The smallest absolute Gasteiger partial charge is 0.348 e. The summed E-state index contributed by atoms with van der Waals surface area (Å²) in [4.78, 5) is 23.6. The Labute approximate surface area is 129 Å². The van der Waals surface area contributed by atoms with Crippen molar-refractivity contribution in [3.05, 3.63) is 50.6 Å². The van der Waals surface area contributed by atoms with Gasteiger partial charge in [0, 0.05) is 0 Å². The Morgan fingerprint density at radius 2 is 1.90 bits per heavy atom. The first-order valence-electron chi connectivity index (χ1n) is 5.53. The van der Waals surface area contributed by atoms with Crippen molar-refractivity contribution in [3.63, 3.8) is 0 Å². The number of carbonyl (C=O) groups excluding carboxylic acids is 2. The standard InChI is InChI=1S/C13H9Cl2NO3S/c14-8-3-1-2-4-9(8)16-12(17)7-19-13(18)10-5-6-11(15)20-10/h1-6H,7H2,(H,16,17). The first kappa shape index (κ1) is 14.8. The molecule has 0 bridgehead atoms. The minimum Gasteiger partial charge on any atom is -0.451 e. The van der Waals surface area contributed by atoms with Gasteiger partial charge in [-0.2, -0.15) is 0 Å². The highest BCUT2D eigenvalue weighted by molar-refractivity contribution is 7.17. The third kappa shape index (κ3) is 3.96. The van der Waals surface area contributed by atoms with Crippen LogP contribution in [0.2, 0.25) is 9.36 Å². The fraction of sp³-hybridized carbons (Fsp3) is 0.0769. The van der Waals surface area contributed by atoms with E-state index in [2.05, 4.69) is 5.32 Å². The maximum Gasteiger partial charge on any atom is 0.348 e. The molecule has 2 aromatic rings. The minimum atomic E-state index is -0.587. The second-order valence-corrected chi connectivity index (χ2v) is 5.83. The lowest BCUT2D eigenvalue weighted by atomic mass is 10.3. The summed E-state index contributed by atoms with van der Waals surface area (Å²) < 4.78 is 5.36. The van der Waals surface area contributed by atoms with Crippen LogP contribution < -0.4 is 5.32 Å². The van der Waals surface area contributed by atoms with Crippen molar-refractivity contribution in [1.82, 2.24) is 0 Å². The molecule has 1 aromatic heterocycles. The lowest BCUT2D eigenvalue weighted by Crippen LogP contribution is -2.20. The SMILES string of the molecule is O=C(COC(=O)c1ccc(Cl)s1)Nc1ccccc1Cl. The largest absolute Gasteiger partial charge is 0.451 e. The van der Waals surface area contributed by atoms with Gasteiger partial charge in [-0.3, -0.25) is 4.79 Å². The number of amides is 1. The summed E-state index contributed by atoms with van der Waals surface area (Å²) in [7, 11) is 0. The number of anilines is 1. The molecular formula is C13H9Cl2NO3S. The Kier molecular flexibility index (Phi) is 5.00. The summed E-state index contributed by atoms with van der Waals surface area (Å²) in [5.74, 6) is -1.05. The second kappa shape index (κ2) is 6.74. The van der Waals surface area contributed by atoms with Gasteiger partial charge in [0.2, 0.25) is 0 Å². The highest BCUT2D eigenvalue weighted by Crippen LogP contribution is 2.22. The Balaban J connectivity index is 1.87. The second-order valence-electron chi connectivity index (χ2n) is 3.71. The highest BCUT2D eigenvalue weighted by atomic mass is 35.5. The summed E-state index contributed by atoms with van der Waals surface area (Å²) in [6.07, 6.45) is 0. The quantitative estimate of drug-likeness (QED) is 0.867. The molecule has 7 heteroatoms. The van der Waals surface area contributed by atoms with Gasteiger partial charge in [0.05, 0.1) is 15.0 Å². The lowest BCUT2D eigenvalue weighted by molar-refractivity contribution is -0.119. The van der Waals surface area contributed by atoms with Crippen molar-refractivity contribution in [2.45, 2.75) is 0 Å². The van der Waals surface area contributed by atoms with Crippen molar-refractivity contribution in [2.24, 2.45) is 0 Å².